The Morgan fingerprint density at radius 2 is 1.97 bits per heavy atom. The lowest BCUT2D eigenvalue weighted by Gasteiger charge is -2.19. The minimum Gasteiger partial charge on any atom is -0.494 e. The van der Waals surface area contributed by atoms with Crippen LogP contribution in [0.25, 0.3) is 0 Å². The van der Waals surface area contributed by atoms with Crippen LogP contribution >= 0.6 is 11.6 Å². The Labute approximate surface area is 197 Å². The Morgan fingerprint density at radius 1 is 1.24 bits per heavy atom. The van der Waals surface area contributed by atoms with E-state index < -0.39 is 23.8 Å². The molecule has 2 atom stereocenters. The summed E-state index contributed by atoms with van der Waals surface area (Å²) in [7, 11) is 0. The lowest BCUT2D eigenvalue weighted by molar-refractivity contribution is -0.123. The number of hydrogen-bond acceptors (Lipinski definition) is 5. The van der Waals surface area contributed by atoms with Gasteiger partial charge in [-0.2, -0.15) is 0 Å². The first-order chi connectivity index (χ1) is 15.8. The maximum Gasteiger partial charge on any atom is 0.251 e. The van der Waals surface area contributed by atoms with Crippen molar-refractivity contribution >= 4 is 29.3 Å². The molecule has 1 unspecified atom stereocenters. The number of benzene rings is 2. The molecule has 4 N–H and O–H groups in total. The number of halogens is 1. The van der Waals surface area contributed by atoms with Crippen LogP contribution in [-0.4, -0.2) is 36.5 Å². The van der Waals surface area contributed by atoms with Crippen LogP contribution in [0.1, 0.15) is 48.2 Å². The highest BCUT2D eigenvalue weighted by molar-refractivity contribution is 6.30. The first-order valence-corrected chi connectivity index (χ1v) is 11.2. The van der Waals surface area contributed by atoms with E-state index in [0.29, 0.717) is 22.9 Å². The highest BCUT2D eigenvalue weighted by Crippen LogP contribution is 2.35. The Kier molecular flexibility index (Phi) is 8.16. The molecule has 0 aliphatic carbocycles. The number of rotatable bonds is 10. The molecule has 3 amide bonds. The van der Waals surface area contributed by atoms with Gasteiger partial charge < -0.3 is 25.8 Å². The standard InChI is InChI=1S/C24H28ClN3O5/c1-3-32-20-11-16-10-14(2)33-21(16)12-17(20)13-27-24(31)19(8-9-22(26)29)28-23(30)15-4-6-18(25)7-5-15/h4-7,11-12,14,19H,3,8-10,13H2,1-2H3,(H2,26,29)(H,27,31)(H,28,30)/t14?,19-/m0/s1. The monoisotopic (exact) mass is 473 g/mol. The van der Waals surface area contributed by atoms with E-state index in [0.717, 1.165) is 23.3 Å². The number of nitrogens with two attached hydrogens (primary N) is 1. The van der Waals surface area contributed by atoms with Gasteiger partial charge >= 0.3 is 0 Å². The Bertz CT molecular complexity index is 1030. The molecule has 8 nitrogen and oxygen atoms in total. The van der Waals surface area contributed by atoms with Gasteiger partial charge in [0, 0.05) is 41.1 Å². The number of ether oxygens (including phenoxy) is 2. The van der Waals surface area contributed by atoms with Crippen LogP contribution in [0.4, 0.5) is 0 Å². The minimum absolute atomic E-state index is 0.0479. The number of nitrogens with one attached hydrogen (secondary N) is 2. The van der Waals surface area contributed by atoms with Crippen LogP contribution in [0.3, 0.4) is 0 Å². The maximum atomic E-state index is 12.9. The fourth-order valence-electron chi connectivity index (χ4n) is 3.61. The average Bonchev–Trinajstić information content (AvgIpc) is 3.13. The molecular formula is C24H28ClN3O5. The van der Waals surface area contributed by atoms with Crippen molar-refractivity contribution in [2.24, 2.45) is 5.73 Å². The lowest BCUT2D eigenvalue weighted by Crippen LogP contribution is -2.47. The van der Waals surface area contributed by atoms with Gasteiger partial charge in [0.1, 0.15) is 23.6 Å². The molecule has 0 aromatic heterocycles. The van der Waals surface area contributed by atoms with Crippen LogP contribution < -0.4 is 25.8 Å². The van der Waals surface area contributed by atoms with Gasteiger partial charge in [0.2, 0.25) is 11.8 Å². The molecule has 1 aliphatic rings. The zero-order chi connectivity index (χ0) is 24.0. The summed E-state index contributed by atoms with van der Waals surface area (Å²) in [6.07, 6.45) is 0.909. The first-order valence-electron chi connectivity index (χ1n) is 10.8. The molecular weight excluding hydrogens is 446 g/mol. The number of amides is 3. The van der Waals surface area contributed by atoms with E-state index in [1.807, 2.05) is 26.0 Å². The summed E-state index contributed by atoms with van der Waals surface area (Å²) in [6, 6.07) is 9.15. The lowest BCUT2D eigenvalue weighted by atomic mass is 10.1. The zero-order valence-corrected chi connectivity index (χ0v) is 19.4. The van der Waals surface area contributed by atoms with E-state index in [2.05, 4.69) is 10.6 Å². The van der Waals surface area contributed by atoms with Gasteiger partial charge in [-0.15, -0.1) is 0 Å². The van der Waals surface area contributed by atoms with Crippen LogP contribution in [0.15, 0.2) is 36.4 Å². The Balaban J connectivity index is 1.71. The molecule has 0 radical (unpaired) electrons. The topological polar surface area (TPSA) is 120 Å². The van der Waals surface area contributed by atoms with Gasteiger partial charge in [0.15, 0.2) is 0 Å². The summed E-state index contributed by atoms with van der Waals surface area (Å²) in [5, 5.41) is 5.99. The van der Waals surface area contributed by atoms with Gasteiger partial charge in [-0.3, -0.25) is 14.4 Å². The van der Waals surface area contributed by atoms with Crippen molar-refractivity contribution in [3.8, 4) is 11.5 Å². The molecule has 0 saturated carbocycles. The molecule has 1 aliphatic heterocycles. The first kappa shape index (κ1) is 24.4. The smallest absolute Gasteiger partial charge is 0.251 e. The summed E-state index contributed by atoms with van der Waals surface area (Å²) in [5.74, 6) is 0.00345. The quantitative estimate of drug-likeness (QED) is 0.490. The van der Waals surface area contributed by atoms with Crippen molar-refractivity contribution in [1.82, 2.24) is 10.6 Å². The SMILES string of the molecule is CCOc1cc2c(cc1CNC(=O)[C@H](CCC(N)=O)NC(=O)c1ccc(Cl)cc1)OC(C)C2. The third-order valence-electron chi connectivity index (χ3n) is 5.24. The van der Waals surface area contributed by atoms with E-state index in [1.165, 1.54) is 0 Å². The van der Waals surface area contributed by atoms with Crippen LogP contribution in [0.5, 0.6) is 11.5 Å². The molecule has 0 fully saturated rings. The van der Waals surface area contributed by atoms with Gasteiger partial charge in [0.05, 0.1) is 6.61 Å². The normalized spacial score (nSPS) is 15.2. The fourth-order valence-corrected chi connectivity index (χ4v) is 3.74. The summed E-state index contributed by atoms with van der Waals surface area (Å²) in [5.41, 5.74) is 7.42. The third kappa shape index (κ3) is 6.61. The van der Waals surface area contributed by atoms with Crippen molar-refractivity contribution in [3.05, 3.63) is 58.1 Å². The molecule has 9 heteroatoms. The third-order valence-corrected chi connectivity index (χ3v) is 5.49. The molecule has 1 heterocycles. The van der Waals surface area contributed by atoms with Crippen molar-refractivity contribution in [1.29, 1.82) is 0 Å². The largest absolute Gasteiger partial charge is 0.494 e. The van der Waals surface area contributed by atoms with Crippen molar-refractivity contribution < 1.29 is 23.9 Å². The van der Waals surface area contributed by atoms with Crippen molar-refractivity contribution in [2.45, 2.75) is 51.8 Å². The summed E-state index contributed by atoms with van der Waals surface area (Å²) < 4.78 is 11.6. The maximum absolute atomic E-state index is 12.9. The second kappa shape index (κ2) is 11.0. The van der Waals surface area contributed by atoms with Gasteiger partial charge in [-0.05, 0) is 56.7 Å². The second-order valence-electron chi connectivity index (χ2n) is 7.89. The molecule has 3 rings (SSSR count). The van der Waals surface area contributed by atoms with Crippen molar-refractivity contribution in [2.75, 3.05) is 6.61 Å². The van der Waals surface area contributed by atoms with Gasteiger partial charge in [-0.25, -0.2) is 0 Å². The predicted octanol–water partition coefficient (Wildman–Crippen LogP) is 2.74. The predicted molar refractivity (Wildman–Crippen MR) is 124 cm³/mol. The summed E-state index contributed by atoms with van der Waals surface area (Å²) in [6.45, 7) is 4.53. The van der Waals surface area contributed by atoms with Crippen molar-refractivity contribution in [3.63, 3.8) is 0 Å². The Hall–Kier alpha value is -3.26. The molecule has 176 valence electrons. The number of primary amides is 1. The number of fused-ring (bicyclic) bond motifs is 1. The second-order valence-corrected chi connectivity index (χ2v) is 8.33. The summed E-state index contributed by atoms with van der Waals surface area (Å²) >= 11 is 5.87. The van der Waals surface area contributed by atoms with Crippen LogP contribution in [-0.2, 0) is 22.6 Å². The van der Waals surface area contributed by atoms with E-state index in [-0.39, 0.29) is 25.5 Å². The van der Waals surface area contributed by atoms with E-state index >= 15 is 0 Å². The summed E-state index contributed by atoms with van der Waals surface area (Å²) in [4.78, 5) is 36.8. The fraction of sp³-hybridized carbons (Fsp3) is 0.375. The number of carbonyl (C=O) groups is 3. The van der Waals surface area contributed by atoms with E-state index in [1.54, 1.807) is 24.3 Å². The Morgan fingerprint density at radius 3 is 2.64 bits per heavy atom. The van der Waals surface area contributed by atoms with Gasteiger partial charge in [-0.1, -0.05) is 11.6 Å². The molecule has 2 aromatic rings. The van der Waals surface area contributed by atoms with Crippen LogP contribution in [0, 0.1) is 0 Å². The highest BCUT2D eigenvalue weighted by Gasteiger charge is 2.24. The van der Waals surface area contributed by atoms with Gasteiger partial charge in [0.25, 0.3) is 5.91 Å². The molecule has 0 bridgehead atoms. The number of hydrogen-bond donors (Lipinski definition) is 3. The van der Waals surface area contributed by atoms with E-state index in [9.17, 15) is 14.4 Å². The molecule has 2 aromatic carbocycles. The zero-order valence-electron chi connectivity index (χ0n) is 18.7. The number of carbonyl (C=O) groups excluding carboxylic acids is 3. The molecule has 33 heavy (non-hydrogen) atoms. The highest BCUT2D eigenvalue weighted by atomic mass is 35.5. The van der Waals surface area contributed by atoms with Crippen LogP contribution in [0.2, 0.25) is 5.02 Å². The van der Waals surface area contributed by atoms with E-state index in [4.69, 9.17) is 26.8 Å². The molecule has 0 saturated heterocycles. The average molecular weight is 474 g/mol. The molecule has 0 spiro atoms. The minimum atomic E-state index is -0.943.